The Labute approximate surface area is 105 Å². The van der Waals surface area contributed by atoms with E-state index < -0.39 is 23.8 Å². The molecule has 1 heterocycles. The van der Waals surface area contributed by atoms with Crippen LogP contribution in [0.3, 0.4) is 0 Å². The maximum absolute atomic E-state index is 12.9. The van der Waals surface area contributed by atoms with E-state index in [-0.39, 0.29) is 16.6 Å². The van der Waals surface area contributed by atoms with E-state index in [1.807, 2.05) is 0 Å². The second kappa shape index (κ2) is 4.27. The SMILES string of the molecule is Cn1c(C(O)C(=O)O)cc2cccc(C(F)(F)F)c21. The summed E-state index contributed by atoms with van der Waals surface area (Å²) in [6.45, 7) is 0. The van der Waals surface area contributed by atoms with Gasteiger partial charge in [0, 0.05) is 12.4 Å². The molecule has 1 atom stereocenters. The molecule has 2 aromatic rings. The van der Waals surface area contributed by atoms with Crippen molar-refractivity contribution >= 4 is 16.9 Å². The van der Waals surface area contributed by atoms with Crippen LogP contribution >= 0.6 is 0 Å². The number of nitrogens with zero attached hydrogens (tertiary/aromatic N) is 1. The summed E-state index contributed by atoms with van der Waals surface area (Å²) in [6, 6.07) is 4.83. The summed E-state index contributed by atoms with van der Waals surface area (Å²) < 4.78 is 39.7. The van der Waals surface area contributed by atoms with Crippen LogP contribution in [0.15, 0.2) is 24.3 Å². The molecule has 1 aromatic heterocycles. The average Bonchev–Trinajstić information content (AvgIpc) is 2.64. The minimum atomic E-state index is -4.54. The highest BCUT2D eigenvalue weighted by molar-refractivity contribution is 5.87. The number of rotatable bonds is 2. The lowest BCUT2D eigenvalue weighted by molar-refractivity contribution is -0.147. The number of aliphatic hydroxyl groups is 1. The Morgan fingerprint density at radius 3 is 2.53 bits per heavy atom. The van der Waals surface area contributed by atoms with Crippen LogP contribution in [0.25, 0.3) is 10.9 Å². The Hall–Kier alpha value is -2.02. The van der Waals surface area contributed by atoms with Crippen molar-refractivity contribution < 1.29 is 28.2 Å². The molecule has 2 N–H and O–H groups in total. The van der Waals surface area contributed by atoms with E-state index in [9.17, 15) is 23.1 Å². The van der Waals surface area contributed by atoms with E-state index in [4.69, 9.17) is 5.11 Å². The zero-order valence-corrected chi connectivity index (χ0v) is 9.77. The zero-order chi connectivity index (χ0) is 14.4. The second-order valence-corrected chi connectivity index (χ2v) is 4.11. The summed E-state index contributed by atoms with van der Waals surface area (Å²) in [5.41, 5.74) is -1.11. The third-order valence-electron chi connectivity index (χ3n) is 2.91. The summed E-state index contributed by atoms with van der Waals surface area (Å²) in [4.78, 5) is 10.7. The molecule has 4 nitrogen and oxygen atoms in total. The molecular weight excluding hydrogens is 263 g/mol. The Balaban J connectivity index is 2.75. The lowest BCUT2D eigenvalue weighted by Crippen LogP contribution is -2.14. The fourth-order valence-electron chi connectivity index (χ4n) is 2.06. The smallest absolute Gasteiger partial charge is 0.418 e. The first kappa shape index (κ1) is 13.4. The molecule has 1 aromatic carbocycles. The molecule has 0 radical (unpaired) electrons. The zero-order valence-electron chi connectivity index (χ0n) is 9.77. The largest absolute Gasteiger partial charge is 0.479 e. The van der Waals surface area contributed by atoms with Crippen molar-refractivity contribution in [3.63, 3.8) is 0 Å². The molecule has 0 amide bonds. The number of halogens is 3. The fraction of sp³-hybridized carbons (Fsp3) is 0.250. The minimum absolute atomic E-state index is 0.0980. The molecule has 1 unspecified atom stereocenters. The van der Waals surface area contributed by atoms with Gasteiger partial charge in [-0.2, -0.15) is 13.2 Å². The Morgan fingerprint density at radius 1 is 1.37 bits per heavy atom. The van der Waals surface area contributed by atoms with E-state index in [1.54, 1.807) is 0 Å². The van der Waals surface area contributed by atoms with Gasteiger partial charge in [-0.3, -0.25) is 0 Å². The minimum Gasteiger partial charge on any atom is -0.479 e. The standard InChI is InChI=1S/C12H10F3NO3/c1-16-8(10(17)11(18)19)5-6-3-2-4-7(9(6)16)12(13,14)15/h2-5,10,17H,1H3,(H,18,19). The molecule has 0 spiro atoms. The third kappa shape index (κ3) is 2.17. The van der Waals surface area contributed by atoms with Gasteiger partial charge in [-0.25, -0.2) is 4.79 Å². The van der Waals surface area contributed by atoms with Crippen molar-refractivity contribution in [1.82, 2.24) is 4.57 Å². The molecule has 2 rings (SSSR count). The normalized spacial score (nSPS) is 13.7. The number of aliphatic carboxylic acids is 1. The molecule has 0 saturated heterocycles. The number of aliphatic hydroxyl groups excluding tert-OH is 1. The number of alkyl halides is 3. The van der Waals surface area contributed by atoms with Crippen LogP contribution in [0.4, 0.5) is 13.2 Å². The van der Waals surface area contributed by atoms with Gasteiger partial charge in [-0.15, -0.1) is 0 Å². The number of hydrogen-bond acceptors (Lipinski definition) is 2. The number of benzene rings is 1. The molecule has 102 valence electrons. The summed E-state index contributed by atoms with van der Waals surface area (Å²) in [5.74, 6) is -1.51. The number of hydrogen-bond donors (Lipinski definition) is 2. The number of aromatic nitrogens is 1. The second-order valence-electron chi connectivity index (χ2n) is 4.11. The Kier molecular flexibility index (Phi) is 3.01. The van der Waals surface area contributed by atoms with Crippen LogP contribution in [0.5, 0.6) is 0 Å². The predicted molar refractivity (Wildman–Crippen MR) is 60.5 cm³/mol. The topological polar surface area (TPSA) is 62.5 Å². The monoisotopic (exact) mass is 273 g/mol. The average molecular weight is 273 g/mol. The van der Waals surface area contributed by atoms with Crippen molar-refractivity contribution in [2.75, 3.05) is 0 Å². The van der Waals surface area contributed by atoms with Crippen molar-refractivity contribution in [3.8, 4) is 0 Å². The van der Waals surface area contributed by atoms with Gasteiger partial charge in [-0.1, -0.05) is 12.1 Å². The van der Waals surface area contributed by atoms with Gasteiger partial charge in [0.15, 0.2) is 6.10 Å². The molecule has 0 fully saturated rings. The molecule has 0 saturated carbocycles. The molecule has 0 aliphatic rings. The van der Waals surface area contributed by atoms with E-state index in [2.05, 4.69) is 0 Å². The number of carboxylic acid groups (broad SMARTS) is 1. The third-order valence-corrected chi connectivity index (χ3v) is 2.91. The molecule has 19 heavy (non-hydrogen) atoms. The first-order valence-electron chi connectivity index (χ1n) is 5.30. The molecule has 0 aliphatic heterocycles. The highest BCUT2D eigenvalue weighted by Gasteiger charge is 2.34. The van der Waals surface area contributed by atoms with Crippen LogP contribution in [-0.2, 0) is 18.0 Å². The highest BCUT2D eigenvalue weighted by Crippen LogP contribution is 2.36. The van der Waals surface area contributed by atoms with Crippen LogP contribution in [0.1, 0.15) is 17.4 Å². The maximum atomic E-state index is 12.9. The van der Waals surface area contributed by atoms with Crippen molar-refractivity contribution in [1.29, 1.82) is 0 Å². The van der Waals surface area contributed by atoms with Gasteiger partial charge >= 0.3 is 12.1 Å². The van der Waals surface area contributed by atoms with Gasteiger partial charge in [0.2, 0.25) is 0 Å². The molecule has 0 aliphatic carbocycles. The number of fused-ring (bicyclic) bond motifs is 1. The lowest BCUT2D eigenvalue weighted by atomic mass is 10.1. The number of para-hydroxylation sites is 1. The van der Waals surface area contributed by atoms with Gasteiger partial charge in [-0.05, 0) is 12.1 Å². The Bertz CT molecular complexity index is 645. The van der Waals surface area contributed by atoms with Crippen molar-refractivity contribution in [3.05, 3.63) is 35.5 Å². The van der Waals surface area contributed by atoms with E-state index in [1.165, 1.54) is 25.2 Å². The molecule has 7 heteroatoms. The first-order valence-corrected chi connectivity index (χ1v) is 5.30. The van der Waals surface area contributed by atoms with Gasteiger partial charge < -0.3 is 14.8 Å². The van der Waals surface area contributed by atoms with Crippen LogP contribution in [-0.4, -0.2) is 20.7 Å². The van der Waals surface area contributed by atoms with Crippen molar-refractivity contribution in [2.24, 2.45) is 7.05 Å². The summed E-state index contributed by atoms with van der Waals surface area (Å²) in [6.07, 6.45) is -6.41. The number of carbonyl (C=O) groups is 1. The maximum Gasteiger partial charge on any atom is 0.418 e. The van der Waals surface area contributed by atoms with E-state index in [0.29, 0.717) is 0 Å². The summed E-state index contributed by atoms with van der Waals surface area (Å²) in [7, 11) is 1.29. The van der Waals surface area contributed by atoms with E-state index in [0.717, 1.165) is 10.6 Å². The number of aryl methyl sites for hydroxylation is 1. The first-order chi connectivity index (χ1) is 8.73. The van der Waals surface area contributed by atoms with Gasteiger partial charge in [0.05, 0.1) is 16.8 Å². The van der Waals surface area contributed by atoms with Crippen LogP contribution < -0.4 is 0 Å². The lowest BCUT2D eigenvalue weighted by Gasteiger charge is -2.12. The molecular formula is C12H10F3NO3. The van der Waals surface area contributed by atoms with Crippen molar-refractivity contribution in [2.45, 2.75) is 12.3 Å². The quantitative estimate of drug-likeness (QED) is 0.882. The van der Waals surface area contributed by atoms with Gasteiger partial charge in [0.25, 0.3) is 0 Å². The van der Waals surface area contributed by atoms with E-state index >= 15 is 0 Å². The van der Waals surface area contributed by atoms with Crippen LogP contribution in [0, 0.1) is 0 Å². The number of carboxylic acids is 1. The Morgan fingerprint density at radius 2 is 2.00 bits per heavy atom. The highest BCUT2D eigenvalue weighted by atomic mass is 19.4. The molecule has 0 bridgehead atoms. The summed E-state index contributed by atoms with van der Waals surface area (Å²) >= 11 is 0. The fourth-order valence-corrected chi connectivity index (χ4v) is 2.06. The van der Waals surface area contributed by atoms with Crippen LogP contribution in [0.2, 0.25) is 0 Å². The van der Waals surface area contributed by atoms with Gasteiger partial charge in [0.1, 0.15) is 0 Å². The summed E-state index contributed by atoms with van der Waals surface area (Å²) in [5, 5.41) is 18.4. The predicted octanol–water partition coefficient (Wildman–Crippen LogP) is 2.32.